The van der Waals surface area contributed by atoms with Gasteiger partial charge in [0.25, 0.3) is 5.91 Å². The number of hydrogen-bond donors (Lipinski definition) is 0. The molecule has 0 saturated heterocycles. The first-order chi connectivity index (χ1) is 8.27. The minimum atomic E-state index is -0.402. The molecule has 0 aromatic heterocycles. The Morgan fingerprint density at radius 2 is 2.12 bits per heavy atom. The summed E-state index contributed by atoms with van der Waals surface area (Å²) in [5, 5.41) is 0. The van der Waals surface area contributed by atoms with E-state index in [1.54, 1.807) is 12.5 Å². The summed E-state index contributed by atoms with van der Waals surface area (Å²) in [6.45, 7) is 0.512. The first kappa shape index (κ1) is 13.1. The Labute approximate surface area is 100 Å². The largest absolute Gasteiger partial charge is 0.383 e. The second kappa shape index (κ2) is 7.35. The number of nitrogens with zero attached hydrogens (tertiary/aromatic N) is 1. The Kier molecular flexibility index (Phi) is 5.68. The number of benzene rings is 1. The highest BCUT2D eigenvalue weighted by Gasteiger charge is 2.09. The van der Waals surface area contributed by atoms with Gasteiger partial charge >= 0.3 is 6.41 Å². The van der Waals surface area contributed by atoms with Gasteiger partial charge in [-0.2, -0.15) is 0 Å². The van der Waals surface area contributed by atoms with Gasteiger partial charge < -0.3 is 4.74 Å². The Morgan fingerprint density at radius 3 is 2.71 bits per heavy atom. The number of methoxy groups -OCH3 is 1. The van der Waals surface area contributed by atoms with Gasteiger partial charge in [-0.1, -0.05) is 30.3 Å². The lowest BCUT2D eigenvalue weighted by atomic mass is 10.2. The van der Waals surface area contributed by atoms with Crippen LogP contribution in [0.2, 0.25) is 0 Å². The number of amides is 2. The summed E-state index contributed by atoms with van der Waals surface area (Å²) in [7, 11) is 1.51. The van der Waals surface area contributed by atoms with E-state index in [0.717, 1.165) is 10.5 Å². The number of hydrogen-bond acceptors (Lipinski definition) is 3. The van der Waals surface area contributed by atoms with Crippen LogP contribution in [0.1, 0.15) is 5.56 Å². The van der Waals surface area contributed by atoms with Crippen molar-refractivity contribution in [3.8, 4) is 0 Å². The first-order valence-corrected chi connectivity index (χ1v) is 5.19. The highest BCUT2D eigenvalue weighted by Crippen LogP contribution is 2.01. The van der Waals surface area contributed by atoms with Crippen LogP contribution in [0, 0.1) is 0 Å². The molecule has 89 valence electrons. The minimum Gasteiger partial charge on any atom is -0.383 e. The number of carbonyl (C=O) groups is 1. The van der Waals surface area contributed by atoms with E-state index >= 15 is 0 Å². The molecular formula is C13H14NO3. The van der Waals surface area contributed by atoms with Crippen molar-refractivity contribution in [3.05, 3.63) is 42.0 Å². The molecule has 0 aliphatic heterocycles. The Hall–Kier alpha value is -1.94. The maximum Gasteiger partial charge on any atom is 0.319 e. The van der Waals surface area contributed by atoms with Crippen LogP contribution in [-0.4, -0.2) is 37.5 Å². The molecule has 17 heavy (non-hydrogen) atoms. The van der Waals surface area contributed by atoms with Crippen LogP contribution >= 0.6 is 0 Å². The van der Waals surface area contributed by atoms with Crippen molar-refractivity contribution in [2.24, 2.45) is 0 Å². The van der Waals surface area contributed by atoms with Crippen molar-refractivity contribution in [1.29, 1.82) is 0 Å². The normalized spacial score (nSPS) is 10.4. The summed E-state index contributed by atoms with van der Waals surface area (Å²) in [6, 6.07) is 9.38. The lowest BCUT2D eigenvalue weighted by Gasteiger charge is -2.10. The molecule has 1 aromatic carbocycles. The molecule has 1 radical (unpaired) electrons. The molecular weight excluding hydrogens is 218 g/mol. The van der Waals surface area contributed by atoms with E-state index in [9.17, 15) is 9.59 Å². The Morgan fingerprint density at radius 1 is 1.41 bits per heavy atom. The highest BCUT2D eigenvalue weighted by molar-refractivity contribution is 5.97. The van der Waals surface area contributed by atoms with Crippen LogP contribution in [-0.2, 0) is 14.3 Å². The zero-order chi connectivity index (χ0) is 12.5. The van der Waals surface area contributed by atoms with Crippen LogP contribution in [0.25, 0.3) is 6.08 Å². The van der Waals surface area contributed by atoms with Crippen LogP contribution in [0.4, 0.5) is 0 Å². The Bertz CT molecular complexity index is 387. The predicted octanol–water partition coefficient (Wildman–Crippen LogP) is 1.24. The van der Waals surface area contributed by atoms with Crippen molar-refractivity contribution in [1.82, 2.24) is 4.90 Å². The van der Waals surface area contributed by atoms with Gasteiger partial charge in [0.1, 0.15) is 0 Å². The molecule has 0 aliphatic carbocycles. The molecule has 2 amide bonds. The summed E-state index contributed by atoms with van der Waals surface area (Å²) < 4.78 is 4.79. The summed E-state index contributed by atoms with van der Waals surface area (Å²) >= 11 is 0. The maximum absolute atomic E-state index is 11.6. The van der Waals surface area contributed by atoms with E-state index in [1.165, 1.54) is 13.2 Å². The van der Waals surface area contributed by atoms with Gasteiger partial charge in [0, 0.05) is 13.2 Å². The third kappa shape index (κ3) is 4.61. The lowest BCUT2D eigenvalue weighted by molar-refractivity contribution is -0.122. The molecule has 0 unspecified atom stereocenters. The fourth-order valence-electron chi connectivity index (χ4n) is 1.21. The van der Waals surface area contributed by atoms with Gasteiger partial charge in [-0.25, -0.2) is 0 Å². The van der Waals surface area contributed by atoms with E-state index in [2.05, 4.69) is 0 Å². The van der Waals surface area contributed by atoms with Gasteiger partial charge in [0.2, 0.25) is 0 Å². The van der Waals surface area contributed by atoms with E-state index in [1.807, 2.05) is 30.3 Å². The number of ether oxygens (including phenoxy) is 1. The van der Waals surface area contributed by atoms with Crippen molar-refractivity contribution in [2.45, 2.75) is 0 Å². The molecule has 4 nitrogen and oxygen atoms in total. The molecule has 4 heteroatoms. The molecule has 0 heterocycles. The van der Waals surface area contributed by atoms with E-state index in [4.69, 9.17) is 4.74 Å². The van der Waals surface area contributed by atoms with Crippen LogP contribution in [0.5, 0.6) is 0 Å². The van der Waals surface area contributed by atoms with Crippen LogP contribution in [0.3, 0.4) is 0 Å². The van der Waals surface area contributed by atoms with Crippen LogP contribution < -0.4 is 0 Å². The van der Waals surface area contributed by atoms with Crippen molar-refractivity contribution >= 4 is 18.4 Å². The fourth-order valence-corrected chi connectivity index (χ4v) is 1.21. The molecule has 0 fully saturated rings. The van der Waals surface area contributed by atoms with Crippen molar-refractivity contribution in [3.63, 3.8) is 0 Å². The van der Waals surface area contributed by atoms with Gasteiger partial charge in [-0.3, -0.25) is 14.5 Å². The zero-order valence-corrected chi connectivity index (χ0v) is 9.63. The van der Waals surface area contributed by atoms with E-state index in [0.29, 0.717) is 6.61 Å². The quantitative estimate of drug-likeness (QED) is 0.547. The predicted molar refractivity (Wildman–Crippen MR) is 64.8 cm³/mol. The molecule has 0 atom stereocenters. The summed E-state index contributed by atoms with van der Waals surface area (Å²) in [4.78, 5) is 23.1. The van der Waals surface area contributed by atoms with Crippen molar-refractivity contribution < 1.29 is 14.3 Å². The molecule has 1 aromatic rings. The third-order valence-electron chi connectivity index (χ3n) is 2.11. The summed E-state index contributed by atoms with van der Waals surface area (Å²) in [5.41, 5.74) is 0.901. The molecule has 0 bridgehead atoms. The average molecular weight is 232 g/mol. The third-order valence-corrected chi connectivity index (χ3v) is 2.11. The zero-order valence-electron chi connectivity index (χ0n) is 9.63. The van der Waals surface area contributed by atoms with Crippen LogP contribution in [0.15, 0.2) is 36.4 Å². The fraction of sp³-hybridized carbons (Fsp3) is 0.231. The topological polar surface area (TPSA) is 46.6 Å². The first-order valence-electron chi connectivity index (χ1n) is 5.19. The average Bonchev–Trinajstić information content (AvgIpc) is 2.38. The van der Waals surface area contributed by atoms with Gasteiger partial charge in [-0.05, 0) is 11.6 Å². The number of rotatable bonds is 6. The standard InChI is InChI=1S/C13H14NO3/c1-17-10-9-14(11-15)13(16)8-7-12-5-3-2-4-6-12/h2-8H,9-10H2,1H3/b8-7+. The SMILES string of the molecule is COCCN([C]=O)C(=O)/C=C/c1ccccc1. The summed E-state index contributed by atoms with van der Waals surface area (Å²) in [5.74, 6) is -0.402. The van der Waals surface area contributed by atoms with E-state index < -0.39 is 5.91 Å². The molecule has 0 spiro atoms. The smallest absolute Gasteiger partial charge is 0.319 e. The molecule has 1 rings (SSSR count). The monoisotopic (exact) mass is 232 g/mol. The minimum absolute atomic E-state index is 0.206. The van der Waals surface area contributed by atoms with E-state index in [-0.39, 0.29) is 6.54 Å². The second-order valence-electron chi connectivity index (χ2n) is 3.32. The van der Waals surface area contributed by atoms with Crippen molar-refractivity contribution in [2.75, 3.05) is 20.3 Å². The second-order valence-corrected chi connectivity index (χ2v) is 3.32. The number of imide groups is 1. The number of carbonyl (C=O) groups excluding carboxylic acids is 2. The van der Waals surface area contributed by atoms with Gasteiger partial charge in [0.05, 0.1) is 13.2 Å². The highest BCUT2D eigenvalue weighted by atomic mass is 16.5. The maximum atomic E-state index is 11.6. The molecule has 0 N–H and O–H groups in total. The Balaban J connectivity index is 2.58. The summed E-state index contributed by atoms with van der Waals surface area (Å²) in [6.07, 6.45) is 4.57. The molecule has 0 aliphatic rings. The molecule has 0 saturated carbocycles. The van der Waals surface area contributed by atoms with Gasteiger partial charge in [-0.15, -0.1) is 0 Å². The van der Waals surface area contributed by atoms with Gasteiger partial charge in [0.15, 0.2) is 0 Å². The lowest BCUT2D eigenvalue weighted by Crippen LogP contribution is -2.31.